The molecule has 0 saturated heterocycles. The monoisotopic (exact) mass is 293 g/mol. The van der Waals surface area contributed by atoms with Crippen LogP contribution in [0.3, 0.4) is 0 Å². The molecule has 0 fully saturated rings. The van der Waals surface area contributed by atoms with Gasteiger partial charge in [0, 0.05) is 6.54 Å². The van der Waals surface area contributed by atoms with E-state index in [2.05, 4.69) is 10.2 Å². The topological polar surface area (TPSA) is 77.2 Å². The highest BCUT2D eigenvalue weighted by molar-refractivity contribution is 7.99. The lowest BCUT2D eigenvalue weighted by atomic mass is 10.3. The van der Waals surface area contributed by atoms with E-state index < -0.39 is 5.97 Å². The summed E-state index contributed by atoms with van der Waals surface area (Å²) in [6, 6.07) is 9.45. The van der Waals surface area contributed by atoms with Gasteiger partial charge in [-0.3, -0.25) is 4.79 Å². The van der Waals surface area contributed by atoms with Gasteiger partial charge >= 0.3 is 5.97 Å². The number of benzene rings is 1. The van der Waals surface area contributed by atoms with Gasteiger partial charge in [-0.1, -0.05) is 30.0 Å². The van der Waals surface area contributed by atoms with Crippen LogP contribution >= 0.6 is 11.8 Å². The Kier molecular flexibility index (Phi) is 5.00. The quantitative estimate of drug-likeness (QED) is 0.787. The second-order valence-corrected chi connectivity index (χ2v) is 4.87. The number of para-hydroxylation sites is 1. The molecular weight excluding hydrogens is 278 g/mol. The minimum Gasteiger partial charge on any atom is -0.486 e. The number of aliphatic carboxylic acids is 1. The molecule has 0 bridgehead atoms. The Hall–Kier alpha value is -2.02. The summed E-state index contributed by atoms with van der Waals surface area (Å²) in [5.41, 5.74) is 0. The number of carboxylic acid groups (broad SMARTS) is 1. The molecule has 0 aliphatic heterocycles. The van der Waals surface area contributed by atoms with Crippen LogP contribution in [0.15, 0.2) is 35.5 Å². The third-order valence-electron chi connectivity index (χ3n) is 2.55. The largest absolute Gasteiger partial charge is 0.486 e. The van der Waals surface area contributed by atoms with Crippen LogP contribution < -0.4 is 4.74 Å². The second kappa shape index (κ2) is 6.95. The first-order valence-electron chi connectivity index (χ1n) is 6.15. The molecule has 1 aromatic carbocycles. The van der Waals surface area contributed by atoms with E-state index in [4.69, 9.17) is 9.84 Å². The minimum absolute atomic E-state index is 0.0301. The molecule has 0 unspecified atom stereocenters. The number of hydrogen-bond acceptors (Lipinski definition) is 5. The normalized spacial score (nSPS) is 10.4. The van der Waals surface area contributed by atoms with E-state index >= 15 is 0 Å². The predicted molar refractivity (Wildman–Crippen MR) is 74.8 cm³/mol. The van der Waals surface area contributed by atoms with Crippen LogP contribution in [0.2, 0.25) is 0 Å². The van der Waals surface area contributed by atoms with Crippen LogP contribution in [0.1, 0.15) is 12.7 Å². The Morgan fingerprint density at radius 1 is 1.35 bits per heavy atom. The van der Waals surface area contributed by atoms with Gasteiger partial charge in [0.2, 0.25) is 0 Å². The fraction of sp³-hybridized carbons (Fsp3) is 0.308. The zero-order valence-electron chi connectivity index (χ0n) is 11.0. The molecule has 0 saturated carbocycles. The molecule has 106 valence electrons. The standard InChI is InChI=1S/C13H15N3O3S/c1-2-16-11(8-19-10-6-4-3-5-7-10)14-15-13(16)20-9-12(17)18/h3-7H,2,8-9H2,1H3,(H,17,18). The Labute approximate surface area is 120 Å². The van der Waals surface area contributed by atoms with Crippen molar-refractivity contribution in [3.05, 3.63) is 36.2 Å². The highest BCUT2D eigenvalue weighted by Crippen LogP contribution is 2.18. The Balaban J connectivity index is 2.02. The van der Waals surface area contributed by atoms with Crippen LogP contribution in [0, 0.1) is 0 Å². The van der Waals surface area contributed by atoms with Crippen LogP contribution in [-0.4, -0.2) is 31.6 Å². The summed E-state index contributed by atoms with van der Waals surface area (Å²) in [6.45, 7) is 2.93. The number of aromatic nitrogens is 3. The van der Waals surface area contributed by atoms with E-state index in [0.29, 0.717) is 24.1 Å². The summed E-state index contributed by atoms with van der Waals surface area (Å²) in [5.74, 6) is 0.544. The van der Waals surface area contributed by atoms with E-state index in [-0.39, 0.29) is 5.75 Å². The summed E-state index contributed by atoms with van der Waals surface area (Å²) in [6.07, 6.45) is 0. The number of hydrogen-bond donors (Lipinski definition) is 1. The van der Waals surface area contributed by atoms with Gasteiger partial charge in [-0.15, -0.1) is 10.2 Å². The fourth-order valence-electron chi connectivity index (χ4n) is 1.64. The highest BCUT2D eigenvalue weighted by atomic mass is 32.2. The van der Waals surface area contributed by atoms with Crippen molar-refractivity contribution in [2.24, 2.45) is 0 Å². The number of carboxylic acids is 1. The van der Waals surface area contributed by atoms with E-state index in [0.717, 1.165) is 17.5 Å². The van der Waals surface area contributed by atoms with Gasteiger partial charge in [0.15, 0.2) is 11.0 Å². The molecule has 0 amide bonds. The van der Waals surface area contributed by atoms with Gasteiger partial charge in [0.1, 0.15) is 12.4 Å². The zero-order chi connectivity index (χ0) is 14.4. The maximum Gasteiger partial charge on any atom is 0.313 e. The summed E-state index contributed by atoms with van der Waals surface area (Å²) in [7, 11) is 0. The van der Waals surface area contributed by atoms with Crippen LogP contribution in [0.5, 0.6) is 5.75 Å². The van der Waals surface area contributed by atoms with Gasteiger partial charge in [-0.2, -0.15) is 0 Å². The van der Waals surface area contributed by atoms with Gasteiger partial charge in [-0.05, 0) is 19.1 Å². The lowest BCUT2D eigenvalue weighted by molar-refractivity contribution is -0.133. The van der Waals surface area contributed by atoms with Crippen molar-refractivity contribution in [3.8, 4) is 5.75 Å². The Morgan fingerprint density at radius 2 is 2.10 bits per heavy atom. The fourth-order valence-corrected chi connectivity index (χ4v) is 2.38. The van der Waals surface area contributed by atoms with Gasteiger partial charge in [0.05, 0.1) is 5.75 Å². The SMILES string of the molecule is CCn1c(COc2ccccc2)nnc1SCC(=O)O. The van der Waals surface area contributed by atoms with Crippen molar-refractivity contribution in [3.63, 3.8) is 0 Å². The predicted octanol–water partition coefficient (Wildman–Crippen LogP) is 2.05. The van der Waals surface area contributed by atoms with Crippen LogP contribution in [0.25, 0.3) is 0 Å². The Bertz CT molecular complexity index is 571. The van der Waals surface area contributed by atoms with Crippen LogP contribution in [0.4, 0.5) is 0 Å². The van der Waals surface area contributed by atoms with Crippen molar-refractivity contribution >= 4 is 17.7 Å². The molecule has 1 aromatic heterocycles. The maximum absolute atomic E-state index is 10.6. The highest BCUT2D eigenvalue weighted by Gasteiger charge is 2.13. The third-order valence-corrected chi connectivity index (χ3v) is 3.50. The van der Waals surface area contributed by atoms with Crippen molar-refractivity contribution in [1.82, 2.24) is 14.8 Å². The molecule has 0 radical (unpaired) electrons. The number of thioether (sulfide) groups is 1. The first-order chi connectivity index (χ1) is 9.70. The molecule has 0 aliphatic rings. The van der Waals surface area contributed by atoms with Crippen molar-refractivity contribution < 1.29 is 14.6 Å². The first kappa shape index (κ1) is 14.4. The average Bonchev–Trinajstić information content (AvgIpc) is 2.86. The maximum atomic E-state index is 10.6. The number of rotatable bonds is 7. The number of ether oxygens (including phenoxy) is 1. The lowest BCUT2D eigenvalue weighted by Gasteiger charge is -2.08. The minimum atomic E-state index is -0.872. The molecule has 1 heterocycles. The number of nitrogens with zero attached hydrogens (tertiary/aromatic N) is 3. The molecule has 2 aromatic rings. The van der Waals surface area contributed by atoms with Crippen LogP contribution in [-0.2, 0) is 17.9 Å². The molecule has 0 atom stereocenters. The molecule has 1 N–H and O–H groups in total. The molecule has 0 aliphatic carbocycles. The smallest absolute Gasteiger partial charge is 0.313 e. The third kappa shape index (κ3) is 3.74. The van der Waals surface area contributed by atoms with Crippen molar-refractivity contribution in [1.29, 1.82) is 0 Å². The molecular formula is C13H15N3O3S. The molecule has 2 rings (SSSR count). The molecule has 6 nitrogen and oxygen atoms in total. The van der Waals surface area contributed by atoms with Gasteiger partial charge < -0.3 is 14.4 Å². The molecule has 20 heavy (non-hydrogen) atoms. The molecule has 7 heteroatoms. The van der Waals surface area contributed by atoms with E-state index in [9.17, 15) is 4.79 Å². The van der Waals surface area contributed by atoms with Crippen molar-refractivity contribution in [2.75, 3.05) is 5.75 Å². The summed E-state index contributed by atoms with van der Waals surface area (Å²) in [4.78, 5) is 10.6. The van der Waals surface area contributed by atoms with Gasteiger partial charge in [0.25, 0.3) is 0 Å². The summed E-state index contributed by atoms with van der Waals surface area (Å²) >= 11 is 1.16. The average molecular weight is 293 g/mol. The van der Waals surface area contributed by atoms with E-state index in [1.165, 1.54) is 0 Å². The Morgan fingerprint density at radius 3 is 2.75 bits per heavy atom. The van der Waals surface area contributed by atoms with E-state index in [1.807, 2.05) is 41.8 Å². The summed E-state index contributed by atoms with van der Waals surface area (Å²) < 4.78 is 7.48. The zero-order valence-corrected chi connectivity index (χ0v) is 11.8. The second-order valence-electron chi connectivity index (χ2n) is 3.93. The summed E-state index contributed by atoms with van der Waals surface area (Å²) in [5, 5.41) is 17.4. The molecule has 0 spiro atoms. The lowest BCUT2D eigenvalue weighted by Crippen LogP contribution is -2.08. The van der Waals surface area contributed by atoms with Gasteiger partial charge in [-0.25, -0.2) is 0 Å². The number of carbonyl (C=O) groups is 1. The first-order valence-corrected chi connectivity index (χ1v) is 7.13. The van der Waals surface area contributed by atoms with E-state index in [1.54, 1.807) is 0 Å². The van der Waals surface area contributed by atoms with Crippen molar-refractivity contribution in [2.45, 2.75) is 25.2 Å².